The van der Waals surface area contributed by atoms with Gasteiger partial charge in [0.1, 0.15) is 11.1 Å². The van der Waals surface area contributed by atoms with Crippen molar-refractivity contribution in [2.75, 3.05) is 0 Å². The topological polar surface area (TPSA) is 50.9 Å². The molecule has 23 heavy (non-hydrogen) atoms. The molecule has 5 heteroatoms. The van der Waals surface area contributed by atoms with Gasteiger partial charge in [-0.1, -0.05) is 63.8 Å². The van der Waals surface area contributed by atoms with Crippen molar-refractivity contribution in [3.05, 3.63) is 36.9 Å². The summed E-state index contributed by atoms with van der Waals surface area (Å²) in [6, 6.07) is 8.75. The Bertz CT molecular complexity index is 696. The molecule has 1 N–H and O–H groups in total. The molecule has 0 saturated heterocycles. The highest BCUT2D eigenvalue weighted by Crippen LogP contribution is 2.41. The summed E-state index contributed by atoms with van der Waals surface area (Å²) in [5.41, 5.74) is 0.837. The molecule has 2 rings (SSSR count). The summed E-state index contributed by atoms with van der Waals surface area (Å²) in [6.45, 7) is 17.2. The molecule has 126 valence electrons. The van der Waals surface area contributed by atoms with Gasteiger partial charge in [0.15, 0.2) is 0 Å². The second-order valence-corrected chi connectivity index (χ2v) is 14.2. The van der Waals surface area contributed by atoms with Gasteiger partial charge in [-0.05, 0) is 23.6 Å². The molecule has 0 aliphatic rings. The number of nitrogens with zero attached hydrogens (tertiary/aromatic N) is 3. The number of aliphatic hydroxyl groups excluding tert-OH is 1. The van der Waals surface area contributed by atoms with Crippen LogP contribution in [0.1, 0.15) is 20.8 Å². The van der Waals surface area contributed by atoms with Crippen LogP contribution in [-0.4, -0.2) is 34.3 Å². The molecule has 4 nitrogen and oxygen atoms in total. The number of aliphatic hydroxyl groups is 1. The first-order valence-corrected chi connectivity index (χ1v) is 11.8. The quantitative estimate of drug-likeness (QED) is 0.664. The zero-order valence-corrected chi connectivity index (χ0v) is 16.2. The number of aromatic nitrogens is 3. The summed E-state index contributed by atoms with van der Waals surface area (Å²) in [4.78, 5) is 0. The van der Waals surface area contributed by atoms with E-state index in [4.69, 9.17) is 0 Å². The molecule has 0 fully saturated rings. The van der Waals surface area contributed by atoms with Crippen molar-refractivity contribution < 1.29 is 5.11 Å². The van der Waals surface area contributed by atoms with E-state index in [1.54, 1.807) is 0 Å². The lowest BCUT2D eigenvalue weighted by Gasteiger charge is -2.44. The first kappa shape index (κ1) is 17.9. The maximum atomic E-state index is 11.3. The smallest absolute Gasteiger partial charge is 0.113 e. The summed E-state index contributed by atoms with van der Waals surface area (Å²) in [6.07, 6.45) is 1.27. The predicted octanol–water partition coefficient (Wildman–Crippen LogP) is 4.06. The van der Waals surface area contributed by atoms with Crippen LogP contribution in [0, 0.1) is 5.41 Å². The van der Waals surface area contributed by atoms with Gasteiger partial charge in [0.25, 0.3) is 0 Å². The maximum Gasteiger partial charge on any atom is 0.113 e. The van der Waals surface area contributed by atoms with Gasteiger partial charge in [0.05, 0.1) is 11.6 Å². The average molecular weight is 332 g/mol. The van der Waals surface area contributed by atoms with Gasteiger partial charge in [-0.15, -0.1) is 11.7 Å². The molecule has 0 aliphatic heterocycles. The lowest BCUT2D eigenvalue weighted by Crippen LogP contribution is -2.53. The van der Waals surface area contributed by atoms with Gasteiger partial charge >= 0.3 is 0 Å². The van der Waals surface area contributed by atoms with Crippen molar-refractivity contribution in [2.45, 2.75) is 58.1 Å². The third-order valence-corrected chi connectivity index (χ3v) is 5.83. The fourth-order valence-corrected chi connectivity index (χ4v) is 5.52. The van der Waals surface area contributed by atoms with Crippen LogP contribution < -0.4 is 0 Å². The Morgan fingerprint density at radius 1 is 1.26 bits per heavy atom. The van der Waals surface area contributed by atoms with Crippen molar-refractivity contribution >= 4 is 19.1 Å². The SMILES string of the molecule is C=CC(C[Si](C)(C)C)(C(O)C(C)(C)C)n1nnc2ccccc21. The third-order valence-electron chi connectivity index (χ3n) is 4.21. The predicted molar refractivity (Wildman–Crippen MR) is 99.3 cm³/mol. The number of fused-ring (bicyclic) bond motifs is 1. The molecule has 2 aromatic rings. The molecular weight excluding hydrogens is 302 g/mol. The van der Waals surface area contributed by atoms with E-state index < -0.39 is 19.7 Å². The zero-order valence-electron chi connectivity index (χ0n) is 15.2. The molecule has 0 saturated carbocycles. The standard InChI is InChI=1S/C18H29N3OSi/c1-8-18(13-23(5,6)7,16(22)17(2,3)4)21-15-12-10-9-11-14(15)19-20-21/h8-12,16,22H,1,13H2,2-7H3. The van der Waals surface area contributed by atoms with Crippen LogP contribution in [0.25, 0.3) is 11.0 Å². The van der Waals surface area contributed by atoms with E-state index in [0.717, 1.165) is 17.1 Å². The zero-order chi connectivity index (χ0) is 17.5. The van der Waals surface area contributed by atoms with Crippen molar-refractivity contribution in [3.63, 3.8) is 0 Å². The molecule has 2 unspecified atom stereocenters. The van der Waals surface area contributed by atoms with E-state index in [2.05, 4.69) is 57.3 Å². The highest BCUT2D eigenvalue weighted by atomic mass is 28.3. The van der Waals surface area contributed by atoms with Crippen molar-refractivity contribution in [2.24, 2.45) is 5.41 Å². The number of benzene rings is 1. The Kier molecular flexibility index (Phi) is 4.57. The van der Waals surface area contributed by atoms with Crippen LogP contribution >= 0.6 is 0 Å². The van der Waals surface area contributed by atoms with Crippen molar-refractivity contribution in [1.82, 2.24) is 15.0 Å². The maximum absolute atomic E-state index is 11.3. The third kappa shape index (κ3) is 3.40. The summed E-state index contributed by atoms with van der Waals surface area (Å²) in [7, 11) is -1.52. The molecule has 2 atom stereocenters. The number of hydrogen-bond donors (Lipinski definition) is 1. The average Bonchev–Trinajstić information content (AvgIpc) is 2.86. The minimum atomic E-state index is -1.52. The molecule has 0 aliphatic carbocycles. The van der Waals surface area contributed by atoms with Gasteiger partial charge in [0.2, 0.25) is 0 Å². The molecule has 1 aromatic heterocycles. The molecule has 0 bridgehead atoms. The van der Waals surface area contributed by atoms with Crippen LogP contribution in [0.2, 0.25) is 25.7 Å². The van der Waals surface area contributed by atoms with Gasteiger partial charge in [0, 0.05) is 8.07 Å². The molecule has 0 radical (unpaired) electrons. The number of hydrogen-bond acceptors (Lipinski definition) is 3. The van der Waals surface area contributed by atoms with E-state index in [-0.39, 0.29) is 5.41 Å². The van der Waals surface area contributed by atoms with E-state index in [1.807, 2.05) is 35.0 Å². The first-order chi connectivity index (χ1) is 10.5. The van der Waals surface area contributed by atoms with Crippen LogP contribution in [0.4, 0.5) is 0 Å². The highest BCUT2D eigenvalue weighted by Gasteiger charge is 2.47. The summed E-state index contributed by atoms with van der Waals surface area (Å²) in [5, 5.41) is 20.0. The van der Waals surface area contributed by atoms with Crippen LogP contribution in [0.3, 0.4) is 0 Å². The minimum Gasteiger partial charge on any atom is -0.390 e. The largest absolute Gasteiger partial charge is 0.390 e. The summed E-state index contributed by atoms with van der Waals surface area (Å²) in [5.74, 6) is 0. The van der Waals surface area contributed by atoms with Crippen LogP contribution in [0.5, 0.6) is 0 Å². The second kappa shape index (κ2) is 5.87. The Hall–Kier alpha value is -1.46. The van der Waals surface area contributed by atoms with Gasteiger partial charge in [-0.2, -0.15) is 0 Å². The summed E-state index contributed by atoms with van der Waals surface area (Å²) >= 11 is 0. The highest BCUT2D eigenvalue weighted by molar-refractivity contribution is 6.76. The molecule has 0 spiro atoms. The fraction of sp³-hybridized carbons (Fsp3) is 0.556. The lowest BCUT2D eigenvalue weighted by atomic mass is 9.77. The normalized spacial score (nSPS) is 17.0. The van der Waals surface area contributed by atoms with E-state index in [9.17, 15) is 5.11 Å². The Labute approximate surface area is 140 Å². The van der Waals surface area contributed by atoms with Crippen LogP contribution in [0.15, 0.2) is 36.9 Å². The Morgan fingerprint density at radius 2 is 1.87 bits per heavy atom. The van der Waals surface area contributed by atoms with Gasteiger partial charge in [-0.3, -0.25) is 0 Å². The Balaban J connectivity index is 2.73. The minimum absolute atomic E-state index is 0.291. The van der Waals surface area contributed by atoms with Crippen molar-refractivity contribution in [3.8, 4) is 0 Å². The lowest BCUT2D eigenvalue weighted by molar-refractivity contribution is -0.0153. The van der Waals surface area contributed by atoms with Crippen LogP contribution in [-0.2, 0) is 5.54 Å². The van der Waals surface area contributed by atoms with E-state index in [0.29, 0.717) is 0 Å². The van der Waals surface area contributed by atoms with Gasteiger partial charge in [-0.25, -0.2) is 4.68 Å². The number of para-hydroxylation sites is 1. The number of rotatable bonds is 5. The molecular formula is C18H29N3OSi. The summed E-state index contributed by atoms with van der Waals surface area (Å²) < 4.78 is 1.89. The Morgan fingerprint density at radius 3 is 2.39 bits per heavy atom. The molecule has 0 amide bonds. The first-order valence-electron chi connectivity index (χ1n) is 8.14. The van der Waals surface area contributed by atoms with Gasteiger partial charge < -0.3 is 5.11 Å². The molecule has 1 aromatic carbocycles. The second-order valence-electron chi connectivity index (χ2n) is 8.69. The molecule has 1 heterocycles. The van der Waals surface area contributed by atoms with Crippen molar-refractivity contribution in [1.29, 1.82) is 0 Å². The monoisotopic (exact) mass is 331 g/mol. The van der Waals surface area contributed by atoms with E-state index in [1.165, 1.54) is 0 Å². The van der Waals surface area contributed by atoms with E-state index >= 15 is 0 Å². The fourth-order valence-electron chi connectivity index (χ4n) is 3.33.